The van der Waals surface area contributed by atoms with Gasteiger partial charge in [-0.1, -0.05) is 13.8 Å². The van der Waals surface area contributed by atoms with Crippen LogP contribution in [0.3, 0.4) is 0 Å². The van der Waals surface area contributed by atoms with Crippen LogP contribution in [0, 0.1) is 5.82 Å². The number of pyridine rings is 1. The largest absolute Gasteiger partial charge is 0.309 e. The molecule has 0 saturated heterocycles. The molecular weight excluding hydrogens is 211 g/mol. The minimum absolute atomic E-state index is 0.0861. The average Bonchev–Trinajstić information content (AvgIpc) is 2.25. The van der Waals surface area contributed by atoms with Crippen molar-refractivity contribution in [1.82, 2.24) is 10.3 Å². The second kappa shape index (κ2) is 6.80. The molecule has 0 aliphatic carbocycles. The highest BCUT2D eigenvalue weighted by molar-refractivity contribution is 7.99. The van der Waals surface area contributed by atoms with Crippen molar-refractivity contribution in [2.24, 2.45) is 0 Å². The summed E-state index contributed by atoms with van der Waals surface area (Å²) in [5, 5.41) is 3.29. The van der Waals surface area contributed by atoms with Crippen molar-refractivity contribution in [2.75, 3.05) is 18.1 Å². The Labute approximate surface area is 94.7 Å². The number of hydrogen-bond donors (Lipinski definition) is 1. The number of aromatic nitrogens is 1. The van der Waals surface area contributed by atoms with Gasteiger partial charge in [0.15, 0.2) is 0 Å². The number of rotatable bonds is 6. The van der Waals surface area contributed by atoms with Crippen molar-refractivity contribution >= 4 is 11.8 Å². The first-order chi connectivity index (χ1) is 7.29. The SMILES string of the molecule is CCNC(CSCC)c1ccncc1F. The summed E-state index contributed by atoms with van der Waals surface area (Å²) in [5.74, 6) is 1.72. The fraction of sp³-hybridized carbons (Fsp3) is 0.545. The highest BCUT2D eigenvalue weighted by atomic mass is 32.2. The van der Waals surface area contributed by atoms with E-state index in [4.69, 9.17) is 0 Å². The normalized spacial score (nSPS) is 12.7. The summed E-state index contributed by atoms with van der Waals surface area (Å²) in [5.41, 5.74) is 0.716. The maximum Gasteiger partial charge on any atom is 0.146 e. The van der Waals surface area contributed by atoms with Crippen molar-refractivity contribution in [1.29, 1.82) is 0 Å². The monoisotopic (exact) mass is 228 g/mol. The van der Waals surface area contributed by atoms with Crippen LogP contribution >= 0.6 is 11.8 Å². The molecule has 0 bridgehead atoms. The van der Waals surface area contributed by atoms with Crippen molar-refractivity contribution in [3.05, 3.63) is 29.8 Å². The number of nitrogens with zero attached hydrogens (tertiary/aromatic N) is 1. The average molecular weight is 228 g/mol. The van der Waals surface area contributed by atoms with Crippen molar-refractivity contribution in [2.45, 2.75) is 19.9 Å². The van der Waals surface area contributed by atoms with E-state index in [1.54, 1.807) is 12.3 Å². The minimum Gasteiger partial charge on any atom is -0.309 e. The van der Waals surface area contributed by atoms with E-state index >= 15 is 0 Å². The third-order valence-electron chi connectivity index (χ3n) is 2.12. The zero-order valence-corrected chi connectivity index (χ0v) is 9.98. The fourth-order valence-corrected chi connectivity index (χ4v) is 2.18. The Kier molecular flexibility index (Phi) is 5.65. The van der Waals surface area contributed by atoms with Crippen molar-refractivity contribution in [3.63, 3.8) is 0 Å². The lowest BCUT2D eigenvalue weighted by molar-refractivity contribution is 0.542. The quantitative estimate of drug-likeness (QED) is 0.810. The van der Waals surface area contributed by atoms with Gasteiger partial charge in [0.1, 0.15) is 5.82 Å². The van der Waals surface area contributed by atoms with E-state index in [1.165, 1.54) is 6.20 Å². The molecule has 0 radical (unpaired) electrons. The lowest BCUT2D eigenvalue weighted by atomic mass is 10.1. The summed E-state index contributed by atoms with van der Waals surface area (Å²) in [6.07, 6.45) is 2.91. The molecule has 0 aliphatic rings. The highest BCUT2D eigenvalue weighted by Crippen LogP contribution is 2.20. The molecule has 0 spiro atoms. The molecule has 4 heteroatoms. The lowest BCUT2D eigenvalue weighted by Crippen LogP contribution is -2.24. The minimum atomic E-state index is -0.222. The molecule has 1 unspecified atom stereocenters. The van der Waals surface area contributed by atoms with E-state index in [1.807, 2.05) is 18.7 Å². The van der Waals surface area contributed by atoms with Crippen LogP contribution in [0.5, 0.6) is 0 Å². The van der Waals surface area contributed by atoms with E-state index in [-0.39, 0.29) is 11.9 Å². The van der Waals surface area contributed by atoms with Crippen molar-refractivity contribution < 1.29 is 4.39 Å². The lowest BCUT2D eigenvalue weighted by Gasteiger charge is -2.17. The second-order valence-electron chi connectivity index (χ2n) is 3.17. The molecule has 0 amide bonds. The van der Waals surface area contributed by atoms with Gasteiger partial charge >= 0.3 is 0 Å². The van der Waals surface area contributed by atoms with Crippen molar-refractivity contribution in [3.8, 4) is 0 Å². The number of halogens is 1. The van der Waals surface area contributed by atoms with E-state index in [2.05, 4.69) is 17.2 Å². The Morgan fingerprint density at radius 2 is 2.33 bits per heavy atom. The Hall–Kier alpha value is -0.610. The van der Waals surface area contributed by atoms with Gasteiger partial charge in [0, 0.05) is 23.6 Å². The van der Waals surface area contributed by atoms with Crippen LogP contribution < -0.4 is 5.32 Å². The van der Waals surface area contributed by atoms with Crippen LogP contribution in [0.25, 0.3) is 0 Å². The Morgan fingerprint density at radius 1 is 1.53 bits per heavy atom. The van der Waals surface area contributed by atoms with Gasteiger partial charge in [0.25, 0.3) is 0 Å². The zero-order valence-electron chi connectivity index (χ0n) is 9.16. The fourth-order valence-electron chi connectivity index (χ4n) is 1.41. The molecule has 15 heavy (non-hydrogen) atoms. The van der Waals surface area contributed by atoms with Crippen LogP contribution in [0.4, 0.5) is 4.39 Å². The molecule has 2 nitrogen and oxygen atoms in total. The van der Waals surface area contributed by atoms with Crippen LogP contribution in [0.1, 0.15) is 25.5 Å². The van der Waals surface area contributed by atoms with Gasteiger partial charge in [-0.3, -0.25) is 4.98 Å². The molecule has 1 N–H and O–H groups in total. The molecule has 0 aliphatic heterocycles. The molecule has 0 fully saturated rings. The molecular formula is C11H17FN2S. The first-order valence-corrected chi connectivity index (χ1v) is 6.35. The number of nitrogens with one attached hydrogen (secondary N) is 1. The van der Waals surface area contributed by atoms with Gasteiger partial charge in [0.2, 0.25) is 0 Å². The number of thioether (sulfide) groups is 1. The Balaban J connectivity index is 2.74. The maximum absolute atomic E-state index is 13.5. The topological polar surface area (TPSA) is 24.9 Å². The summed E-state index contributed by atoms with van der Waals surface area (Å²) < 4.78 is 13.5. The van der Waals surface area contributed by atoms with Gasteiger partial charge in [-0.2, -0.15) is 11.8 Å². The first kappa shape index (κ1) is 12.5. The molecule has 1 aromatic rings. The molecule has 84 valence electrons. The van der Waals surface area contributed by atoms with Crippen LogP contribution in [0.2, 0.25) is 0 Å². The predicted octanol–water partition coefficient (Wildman–Crippen LogP) is 2.62. The molecule has 1 aromatic heterocycles. The third-order valence-corrected chi connectivity index (χ3v) is 3.10. The summed E-state index contributed by atoms with van der Waals surface area (Å²) in [6.45, 7) is 4.98. The molecule has 0 saturated carbocycles. The standard InChI is InChI=1S/C11H17FN2S/c1-3-14-11(8-15-4-2)9-5-6-13-7-10(9)12/h5-7,11,14H,3-4,8H2,1-2H3. The van der Waals surface area contributed by atoms with E-state index < -0.39 is 0 Å². The number of hydrogen-bond acceptors (Lipinski definition) is 3. The molecule has 0 aromatic carbocycles. The Morgan fingerprint density at radius 3 is 2.93 bits per heavy atom. The van der Waals surface area contributed by atoms with Crippen LogP contribution in [0.15, 0.2) is 18.5 Å². The Bertz CT molecular complexity index is 294. The molecule has 1 rings (SSSR count). The highest BCUT2D eigenvalue weighted by Gasteiger charge is 2.13. The zero-order chi connectivity index (χ0) is 11.1. The van der Waals surface area contributed by atoms with E-state index in [0.717, 1.165) is 18.1 Å². The maximum atomic E-state index is 13.5. The predicted molar refractivity (Wildman–Crippen MR) is 63.6 cm³/mol. The van der Waals surface area contributed by atoms with E-state index in [0.29, 0.717) is 5.56 Å². The van der Waals surface area contributed by atoms with Gasteiger partial charge < -0.3 is 5.32 Å². The summed E-state index contributed by atoms with van der Waals surface area (Å²) in [4.78, 5) is 3.76. The summed E-state index contributed by atoms with van der Waals surface area (Å²) >= 11 is 1.81. The van der Waals surface area contributed by atoms with E-state index in [9.17, 15) is 4.39 Å². The summed E-state index contributed by atoms with van der Waals surface area (Å²) in [7, 11) is 0. The molecule has 1 atom stereocenters. The van der Waals surface area contributed by atoms with Gasteiger partial charge in [-0.05, 0) is 18.4 Å². The van der Waals surface area contributed by atoms with Crippen LogP contribution in [-0.2, 0) is 0 Å². The van der Waals surface area contributed by atoms with Gasteiger partial charge in [-0.25, -0.2) is 4.39 Å². The van der Waals surface area contributed by atoms with Gasteiger partial charge in [-0.15, -0.1) is 0 Å². The second-order valence-corrected chi connectivity index (χ2v) is 4.49. The third kappa shape index (κ3) is 3.80. The van der Waals surface area contributed by atoms with Crippen LogP contribution in [-0.4, -0.2) is 23.0 Å². The smallest absolute Gasteiger partial charge is 0.146 e. The van der Waals surface area contributed by atoms with Gasteiger partial charge in [0.05, 0.1) is 6.20 Å². The molecule has 1 heterocycles. The first-order valence-electron chi connectivity index (χ1n) is 5.20. The summed E-state index contributed by atoms with van der Waals surface area (Å²) in [6, 6.07) is 1.83.